The molecule has 112 valence electrons. The number of nitrogen functional groups attached to an aromatic ring is 1. The Morgan fingerprint density at radius 3 is 2.19 bits per heavy atom. The van der Waals surface area contributed by atoms with E-state index in [1.54, 1.807) is 24.3 Å². The zero-order valence-electron chi connectivity index (χ0n) is 12.5. The third-order valence-corrected chi connectivity index (χ3v) is 4.66. The highest BCUT2D eigenvalue weighted by atomic mass is 32.2. The van der Waals surface area contributed by atoms with Crippen LogP contribution < -0.4 is 10.5 Å². The van der Waals surface area contributed by atoms with Crippen LogP contribution in [0.15, 0.2) is 41.3 Å². The standard InChI is InChI=1S/C16H20N2O2S/c1-4-13-5-6-15(10-16(13)17)21(19,20)18-14-8-11(2)7-12(3)9-14/h5-10,18H,4,17H2,1-3H3. The van der Waals surface area contributed by atoms with Gasteiger partial charge < -0.3 is 5.73 Å². The van der Waals surface area contributed by atoms with Crippen LogP contribution >= 0.6 is 0 Å². The first kappa shape index (κ1) is 15.4. The summed E-state index contributed by atoms with van der Waals surface area (Å²) in [5.41, 5.74) is 9.90. The van der Waals surface area contributed by atoms with Crippen LogP contribution in [-0.4, -0.2) is 8.42 Å². The maximum absolute atomic E-state index is 12.4. The number of hydrogen-bond donors (Lipinski definition) is 2. The van der Waals surface area contributed by atoms with Crippen molar-refractivity contribution in [3.8, 4) is 0 Å². The Kier molecular flexibility index (Phi) is 4.23. The second kappa shape index (κ2) is 5.77. The summed E-state index contributed by atoms with van der Waals surface area (Å²) in [4.78, 5) is 0.177. The van der Waals surface area contributed by atoms with Crippen molar-refractivity contribution in [1.29, 1.82) is 0 Å². The molecule has 21 heavy (non-hydrogen) atoms. The largest absolute Gasteiger partial charge is 0.398 e. The van der Waals surface area contributed by atoms with Gasteiger partial charge in [-0.15, -0.1) is 0 Å². The molecule has 0 aliphatic carbocycles. The quantitative estimate of drug-likeness (QED) is 0.852. The van der Waals surface area contributed by atoms with E-state index in [4.69, 9.17) is 5.73 Å². The first-order valence-electron chi connectivity index (χ1n) is 6.81. The van der Waals surface area contributed by atoms with E-state index in [1.165, 1.54) is 6.07 Å². The van der Waals surface area contributed by atoms with Crippen molar-refractivity contribution in [3.63, 3.8) is 0 Å². The number of nitrogens with one attached hydrogen (secondary N) is 1. The van der Waals surface area contributed by atoms with E-state index in [-0.39, 0.29) is 4.90 Å². The van der Waals surface area contributed by atoms with Crippen LogP contribution in [0.3, 0.4) is 0 Å². The summed E-state index contributed by atoms with van der Waals surface area (Å²) in [5, 5.41) is 0. The van der Waals surface area contributed by atoms with Gasteiger partial charge in [0, 0.05) is 11.4 Å². The summed E-state index contributed by atoms with van der Waals surface area (Å²) in [6.07, 6.45) is 0.774. The van der Waals surface area contributed by atoms with Crippen LogP contribution in [0.5, 0.6) is 0 Å². The highest BCUT2D eigenvalue weighted by Crippen LogP contribution is 2.22. The number of nitrogens with two attached hydrogens (primary N) is 1. The van der Waals surface area contributed by atoms with Gasteiger partial charge in [-0.05, 0) is 61.2 Å². The van der Waals surface area contributed by atoms with Crippen molar-refractivity contribution < 1.29 is 8.42 Å². The molecule has 0 saturated carbocycles. The van der Waals surface area contributed by atoms with E-state index in [0.717, 1.165) is 23.1 Å². The average Bonchev–Trinajstić information content (AvgIpc) is 2.36. The Morgan fingerprint density at radius 2 is 1.67 bits per heavy atom. The first-order valence-corrected chi connectivity index (χ1v) is 8.29. The molecular formula is C16H20N2O2S. The van der Waals surface area contributed by atoms with Gasteiger partial charge in [0.25, 0.3) is 10.0 Å². The Balaban J connectivity index is 2.36. The molecule has 0 aliphatic rings. The minimum atomic E-state index is -3.62. The molecule has 0 spiro atoms. The first-order chi connectivity index (χ1) is 9.81. The van der Waals surface area contributed by atoms with Gasteiger partial charge in [-0.25, -0.2) is 8.42 Å². The molecule has 3 N–H and O–H groups in total. The molecule has 0 saturated heterocycles. The Hall–Kier alpha value is -2.01. The molecule has 0 atom stereocenters. The topological polar surface area (TPSA) is 72.2 Å². The molecule has 4 nitrogen and oxygen atoms in total. The summed E-state index contributed by atoms with van der Waals surface area (Å²) in [6, 6.07) is 10.4. The van der Waals surface area contributed by atoms with Crippen LogP contribution in [0.4, 0.5) is 11.4 Å². The molecule has 0 aliphatic heterocycles. The lowest BCUT2D eigenvalue weighted by molar-refractivity contribution is 0.601. The zero-order valence-corrected chi connectivity index (χ0v) is 13.3. The highest BCUT2D eigenvalue weighted by molar-refractivity contribution is 7.92. The monoisotopic (exact) mass is 304 g/mol. The van der Waals surface area contributed by atoms with Crippen molar-refractivity contribution in [2.45, 2.75) is 32.1 Å². The molecule has 0 amide bonds. The van der Waals surface area contributed by atoms with E-state index in [2.05, 4.69) is 4.72 Å². The lowest BCUT2D eigenvalue weighted by Crippen LogP contribution is -2.13. The molecule has 5 heteroatoms. The number of hydrogen-bond acceptors (Lipinski definition) is 3. The highest BCUT2D eigenvalue weighted by Gasteiger charge is 2.15. The maximum atomic E-state index is 12.4. The van der Waals surface area contributed by atoms with Crippen molar-refractivity contribution in [2.24, 2.45) is 0 Å². The molecule has 0 radical (unpaired) electrons. The number of aryl methyl sites for hydroxylation is 3. The van der Waals surface area contributed by atoms with Crippen molar-refractivity contribution in [2.75, 3.05) is 10.5 Å². The van der Waals surface area contributed by atoms with Crippen LogP contribution in [0.25, 0.3) is 0 Å². The van der Waals surface area contributed by atoms with E-state index >= 15 is 0 Å². The number of anilines is 2. The minimum absolute atomic E-state index is 0.177. The predicted octanol–water partition coefficient (Wildman–Crippen LogP) is 3.25. The van der Waals surface area contributed by atoms with Gasteiger partial charge in [0.2, 0.25) is 0 Å². The molecule has 0 fully saturated rings. The van der Waals surface area contributed by atoms with Crippen molar-refractivity contribution >= 4 is 21.4 Å². The molecule has 0 aromatic heterocycles. The number of rotatable bonds is 4. The summed E-state index contributed by atoms with van der Waals surface area (Å²) in [6.45, 7) is 5.84. The van der Waals surface area contributed by atoms with Crippen molar-refractivity contribution in [3.05, 3.63) is 53.1 Å². The van der Waals surface area contributed by atoms with Gasteiger partial charge in [-0.1, -0.05) is 19.1 Å². The summed E-state index contributed by atoms with van der Waals surface area (Å²) < 4.78 is 27.4. The van der Waals surface area contributed by atoms with E-state index in [9.17, 15) is 8.42 Å². The van der Waals surface area contributed by atoms with Gasteiger partial charge in [0.15, 0.2) is 0 Å². The fourth-order valence-corrected chi connectivity index (χ4v) is 3.39. The van der Waals surface area contributed by atoms with E-state index < -0.39 is 10.0 Å². The summed E-state index contributed by atoms with van der Waals surface area (Å²) in [5.74, 6) is 0. The van der Waals surface area contributed by atoms with Crippen molar-refractivity contribution in [1.82, 2.24) is 0 Å². The van der Waals surface area contributed by atoms with Gasteiger partial charge in [-0.3, -0.25) is 4.72 Å². The van der Waals surface area contributed by atoms with E-state index in [1.807, 2.05) is 26.8 Å². The zero-order chi connectivity index (χ0) is 15.6. The third kappa shape index (κ3) is 3.55. The fourth-order valence-electron chi connectivity index (χ4n) is 2.31. The molecule has 2 aromatic carbocycles. The summed E-state index contributed by atoms with van der Waals surface area (Å²) in [7, 11) is -3.62. The van der Waals surface area contributed by atoms with Gasteiger partial charge in [0.1, 0.15) is 0 Å². The third-order valence-electron chi connectivity index (χ3n) is 3.28. The van der Waals surface area contributed by atoms with Crippen LogP contribution in [0.2, 0.25) is 0 Å². The minimum Gasteiger partial charge on any atom is -0.398 e. The molecule has 2 rings (SSSR count). The molecular weight excluding hydrogens is 284 g/mol. The SMILES string of the molecule is CCc1ccc(S(=O)(=O)Nc2cc(C)cc(C)c2)cc1N. The van der Waals surface area contributed by atoms with Crippen LogP contribution in [-0.2, 0) is 16.4 Å². The average molecular weight is 304 g/mol. The number of sulfonamides is 1. The second-order valence-corrected chi connectivity index (χ2v) is 6.88. The fraction of sp³-hybridized carbons (Fsp3) is 0.250. The normalized spacial score (nSPS) is 11.4. The van der Waals surface area contributed by atoms with Crippen LogP contribution in [0, 0.1) is 13.8 Å². The lowest BCUT2D eigenvalue weighted by atomic mass is 10.1. The van der Waals surface area contributed by atoms with E-state index in [0.29, 0.717) is 11.4 Å². The molecule has 2 aromatic rings. The van der Waals surface area contributed by atoms with Gasteiger partial charge in [-0.2, -0.15) is 0 Å². The van der Waals surface area contributed by atoms with Gasteiger partial charge >= 0.3 is 0 Å². The smallest absolute Gasteiger partial charge is 0.261 e. The second-order valence-electron chi connectivity index (χ2n) is 5.20. The number of benzene rings is 2. The Labute approximate surface area is 126 Å². The summed E-state index contributed by atoms with van der Waals surface area (Å²) >= 11 is 0. The maximum Gasteiger partial charge on any atom is 0.261 e. The predicted molar refractivity (Wildman–Crippen MR) is 87.0 cm³/mol. The molecule has 0 bridgehead atoms. The Bertz CT molecular complexity index is 748. The molecule has 0 heterocycles. The Morgan fingerprint density at radius 1 is 1.05 bits per heavy atom. The van der Waals surface area contributed by atoms with Crippen LogP contribution in [0.1, 0.15) is 23.6 Å². The lowest BCUT2D eigenvalue weighted by Gasteiger charge is -2.11. The molecule has 0 unspecified atom stereocenters. The van der Waals surface area contributed by atoms with Gasteiger partial charge in [0.05, 0.1) is 4.90 Å².